The molecule has 248 valence electrons. The molecule has 0 atom stereocenters. The highest BCUT2D eigenvalue weighted by Gasteiger charge is 2.30. The number of rotatable bonds is 6. The summed E-state index contributed by atoms with van der Waals surface area (Å²) in [4.78, 5) is 4.76. The van der Waals surface area contributed by atoms with E-state index in [1.165, 1.54) is 55.4 Å². The quantitative estimate of drug-likeness (QED) is 0.181. The van der Waals surface area contributed by atoms with Crippen LogP contribution < -0.4 is 4.74 Å². The first-order chi connectivity index (χ1) is 23.3. The Morgan fingerprint density at radius 1 is 0.673 bits per heavy atom. The summed E-state index contributed by atoms with van der Waals surface area (Å²) in [6.07, 6.45) is 1.88. The number of fused-ring (bicyclic) bond motifs is 3. The van der Waals surface area contributed by atoms with Crippen molar-refractivity contribution in [3.8, 4) is 34.1 Å². The lowest BCUT2D eigenvalue weighted by molar-refractivity contribution is 0.480. The van der Waals surface area contributed by atoms with Crippen LogP contribution in [0.1, 0.15) is 79.7 Å². The monoisotopic (exact) mass is 646 g/mol. The van der Waals surface area contributed by atoms with Crippen LogP contribution in [0.2, 0.25) is 0 Å². The lowest BCUT2D eigenvalue weighted by Gasteiger charge is -2.25. The van der Waals surface area contributed by atoms with Crippen molar-refractivity contribution in [3.05, 3.63) is 130 Å². The Labute approximate surface area is 290 Å². The summed E-state index contributed by atoms with van der Waals surface area (Å²) < 4.78 is 11.2. The third-order valence-electron chi connectivity index (χ3n) is 9.53. The molecule has 3 heterocycles. The molecule has 0 saturated heterocycles. The maximum Gasteiger partial charge on any atom is 0.137 e. The van der Waals surface area contributed by atoms with E-state index in [4.69, 9.17) is 14.8 Å². The van der Waals surface area contributed by atoms with E-state index >= 15 is 0 Å². The zero-order chi connectivity index (χ0) is 34.8. The standard InChI is InChI=1S/C44H46N4O/c1-26(2)32-22-33(48-43(44(8,9)10)42(31(7)46-48)41-29(5)19-28(4)20-30(41)6)24-35(23-32)49-34-15-16-37-36-13-11-12-14-38(36)47(39(37)25-34)40-21-27(3)17-18-45-40/h11-26H,1-10H3. The highest BCUT2D eigenvalue weighted by atomic mass is 16.5. The van der Waals surface area contributed by atoms with Gasteiger partial charge < -0.3 is 4.74 Å². The van der Waals surface area contributed by atoms with Gasteiger partial charge in [-0.1, -0.05) is 70.5 Å². The molecule has 0 aliphatic rings. The molecule has 0 aliphatic heterocycles. The number of nitrogens with zero attached hydrogens (tertiary/aromatic N) is 4. The first kappa shape index (κ1) is 32.4. The Kier molecular flexibility index (Phi) is 7.98. The van der Waals surface area contributed by atoms with E-state index in [-0.39, 0.29) is 5.41 Å². The summed E-state index contributed by atoms with van der Waals surface area (Å²) in [5.74, 6) is 2.76. The normalized spacial score (nSPS) is 12.1. The first-order valence-electron chi connectivity index (χ1n) is 17.3. The number of aromatic nitrogens is 4. The fourth-order valence-electron chi connectivity index (χ4n) is 7.44. The van der Waals surface area contributed by atoms with E-state index in [2.05, 4.69) is 157 Å². The highest BCUT2D eigenvalue weighted by Crippen LogP contribution is 2.42. The number of hydrogen-bond donors (Lipinski definition) is 0. The third kappa shape index (κ3) is 5.82. The molecule has 7 aromatic rings. The zero-order valence-electron chi connectivity index (χ0n) is 30.4. The van der Waals surface area contributed by atoms with E-state index in [0.29, 0.717) is 5.92 Å². The van der Waals surface area contributed by atoms with E-state index < -0.39 is 0 Å². The van der Waals surface area contributed by atoms with Gasteiger partial charge in [-0.3, -0.25) is 4.57 Å². The first-order valence-corrected chi connectivity index (χ1v) is 17.3. The van der Waals surface area contributed by atoms with Crippen LogP contribution in [-0.4, -0.2) is 19.3 Å². The molecule has 0 unspecified atom stereocenters. The molecule has 3 aromatic heterocycles. The van der Waals surface area contributed by atoms with Gasteiger partial charge in [-0.2, -0.15) is 5.10 Å². The van der Waals surface area contributed by atoms with Crippen molar-refractivity contribution < 1.29 is 4.74 Å². The molecule has 5 nitrogen and oxygen atoms in total. The number of ether oxygens (including phenoxy) is 1. The Morgan fingerprint density at radius 3 is 2.08 bits per heavy atom. The molecule has 0 N–H and O–H groups in total. The smallest absolute Gasteiger partial charge is 0.137 e. The number of hydrogen-bond acceptors (Lipinski definition) is 3. The third-order valence-corrected chi connectivity index (χ3v) is 9.53. The van der Waals surface area contributed by atoms with Crippen LogP contribution in [0.3, 0.4) is 0 Å². The predicted octanol–water partition coefficient (Wildman–Crippen LogP) is 11.8. The second kappa shape index (κ2) is 12.1. The van der Waals surface area contributed by atoms with Crippen LogP contribution in [0, 0.1) is 34.6 Å². The molecular formula is C44H46N4O. The van der Waals surface area contributed by atoms with Gasteiger partial charge in [-0.15, -0.1) is 0 Å². The van der Waals surface area contributed by atoms with Crippen LogP contribution in [0.5, 0.6) is 11.5 Å². The number of aryl methyl sites for hydroxylation is 5. The molecule has 0 aliphatic carbocycles. The van der Waals surface area contributed by atoms with Gasteiger partial charge in [0.1, 0.15) is 17.3 Å². The van der Waals surface area contributed by atoms with Crippen molar-refractivity contribution in [2.45, 2.75) is 80.6 Å². The van der Waals surface area contributed by atoms with Gasteiger partial charge >= 0.3 is 0 Å². The lowest BCUT2D eigenvalue weighted by Crippen LogP contribution is -2.19. The van der Waals surface area contributed by atoms with Gasteiger partial charge in [0, 0.05) is 40.1 Å². The Bertz CT molecular complexity index is 2360. The molecular weight excluding hydrogens is 601 g/mol. The van der Waals surface area contributed by atoms with Gasteiger partial charge in [0.2, 0.25) is 0 Å². The van der Waals surface area contributed by atoms with Crippen molar-refractivity contribution in [3.63, 3.8) is 0 Å². The summed E-state index contributed by atoms with van der Waals surface area (Å²) in [6.45, 7) is 22.1. The van der Waals surface area contributed by atoms with Crippen LogP contribution in [0.4, 0.5) is 0 Å². The molecule has 5 heteroatoms. The molecule has 0 fully saturated rings. The summed E-state index contributed by atoms with van der Waals surface area (Å²) >= 11 is 0. The minimum Gasteiger partial charge on any atom is -0.457 e. The lowest BCUT2D eigenvalue weighted by atomic mass is 9.83. The van der Waals surface area contributed by atoms with Gasteiger partial charge in [0.25, 0.3) is 0 Å². The Balaban J connectivity index is 1.39. The molecule has 49 heavy (non-hydrogen) atoms. The molecule has 0 radical (unpaired) electrons. The highest BCUT2D eigenvalue weighted by molar-refractivity contribution is 6.09. The van der Waals surface area contributed by atoms with E-state index in [1.54, 1.807) is 0 Å². The molecule has 0 amide bonds. The summed E-state index contributed by atoms with van der Waals surface area (Å²) in [5, 5.41) is 7.60. The van der Waals surface area contributed by atoms with Crippen molar-refractivity contribution >= 4 is 21.8 Å². The summed E-state index contributed by atoms with van der Waals surface area (Å²) in [7, 11) is 0. The zero-order valence-corrected chi connectivity index (χ0v) is 30.4. The SMILES string of the molecule is Cc1ccnc(-n2c3ccccc3c3ccc(Oc4cc(C(C)C)cc(-n5nc(C)c(-c6c(C)cc(C)cc6C)c5C(C)(C)C)c4)cc32)c1. The predicted molar refractivity (Wildman–Crippen MR) is 204 cm³/mol. The number of pyridine rings is 1. The number of para-hydroxylation sites is 1. The maximum atomic E-state index is 6.77. The van der Waals surface area contributed by atoms with Gasteiger partial charge in [-0.25, -0.2) is 9.67 Å². The molecule has 7 rings (SSSR count). The van der Waals surface area contributed by atoms with Crippen molar-refractivity contribution in [1.29, 1.82) is 0 Å². The van der Waals surface area contributed by atoms with E-state index in [1.807, 2.05) is 12.3 Å². The van der Waals surface area contributed by atoms with E-state index in [9.17, 15) is 0 Å². The fraction of sp³-hybridized carbons (Fsp3) is 0.273. The van der Waals surface area contributed by atoms with Gasteiger partial charge in [-0.05, 0) is 111 Å². The second-order valence-electron chi connectivity index (χ2n) is 15.0. The van der Waals surface area contributed by atoms with E-state index in [0.717, 1.165) is 39.7 Å². The maximum absolute atomic E-state index is 6.77. The average Bonchev–Trinajstić information content (AvgIpc) is 3.55. The molecule has 0 spiro atoms. The molecule has 4 aromatic carbocycles. The van der Waals surface area contributed by atoms with Crippen molar-refractivity contribution in [2.75, 3.05) is 0 Å². The second-order valence-corrected chi connectivity index (χ2v) is 15.0. The van der Waals surface area contributed by atoms with Crippen LogP contribution in [0.15, 0.2) is 91.1 Å². The van der Waals surface area contributed by atoms with Crippen molar-refractivity contribution in [2.24, 2.45) is 0 Å². The van der Waals surface area contributed by atoms with Crippen molar-refractivity contribution in [1.82, 2.24) is 19.3 Å². The molecule has 0 bridgehead atoms. The van der Waals surface area contributed by atoms with Gasteiger partial charge in [0.05, 0.1) is 28.1 Å². The largest absolute Gasteiger partial charge is 0.457 e. The van der Waals surface area contributed by atoms with Crippen LogP contribution in [0.25, 0.3) is 44.4 Å². The Morgan fingerprint density at radius 2 is 1.39 bits per heavy atom. The summed E-state index contributed by atoms with van der Waals surface area (Å²) in [6, 6.07) is 30.2. The van der Waals surface area contributed by atoms with Gasteiger partial charge in [0.15, 0.2) is 0 Å². The Hall–Kier alpha value is -5.16. The number of benzene rings is 4. The van der Waals surface area contributed by atoms with Crippen LogP contribution in [-0.2, 0) is 5.41 Å². The topological polar surface area (TPSA) is 44.9 Å². The van der Waals surface area contributed by atoms with Crippen LogP contribution >= 0.6 is 0 Å². The fourth-order valence-corrected chi connectivity index (χ4v) is 7.44. The summed E-state index contributed by atoms with van der Waals surface area (Å²) in [5.41, 5.74) is 13.9. The minimum atomic E-state index is -0.169. The minimum absolute atomic E-state index is 0.169. The molecule has 0 saturated carbocycles. The average molecular weight is 647 g/mol.